The Kier molecular flexibility index (Phi) is 6.00. The molecule has 2 aromatic rings. The summed E-state index contributed by atoms with van der Waals surface area (Å²) in [6.45, 7) is 1.39. The first-order chi connectivity index (χ1) is 10.1. The smallest absolute Gasteiger partial charge is 0.0931 e. The Morgan fingerprint density at radius 3 is 2.71 bits per heavy atom. The summed E-state index contributed by atoms with van der Waals surface area (Å²) in [6.07, 6.45) is 3.71. The number of aromatic nitrogens is 1. The second-order valence-corrected chi connectivity index (χ2v) is 5.88. The normalized spacial score (nSPS) is 12.6. The molecular formula is C16H18Cl2N2O. The Bertz CT molecular complexity index is 578. The Balaban J connectivity index is 1.84. The van der Waals surface area contributed by atoms with Crippen LogP contribution in [-0.2, 0) is 6.42 Å². The Labute approximate surface area is 135 Å². The van der Waals surface area contributed by atoms with Crippen molar-refractivity contribution in [3.05, 3.63) is 63.9 Å². The maximum Gasteiger partial charge on any atom is 0.0931 e. The van der Waals surface area contributed by atoms with Crippen LogP contribution >= 0.6 is 23.2 Å². The molecule has 1 atom stereocenters. The SMILES string of the molecule is CN(CCc1ccc(Cl)c(Cl)c1)CC(O)c1cccnc1. The van der Waals surface area contributed by atoms with Gasteiger partial charge < -0.3 is 10.0 Å². The zero-order valence-corrected chi connectivity index (χ0v) is 13.3. The minimum atomic E-state index is -0.530. The highest BCUT2D eigenvalue weighted by molar-refractivity contribution is 6.42. The standard InChI is InChI=1S/C16H18Cl2N2O/c1-20(11-16(21)13-3-2-7-19-10-13)8-6-12-4-5-14(17)15(18)9-12/h2-5,7,9-10,16,21H,6,8,11H2,1H3. The molecule has 0 saturated carbocycles. The number of aliphatic hydroxyl groups excluding tert-OH is 1. The van der Waals surface area contributed by atoms with E-state index in [0.29, 0.717) is 16.6 Å². The number of likely N-dealkylation sites (N-methyl/N-ethyl adjacent to an activating group) is 1. The fourth-order valence-corrected chi connectivity index (χ4v) is 2.40. The molecule has 0 aliphatic carbocycles. The van der Waals surface area contributed by atoms with Gasteiger partial charge in [-0.1, -0.05) is 35.3 Å². The molecule has 21 heavy (non-hydrogen) atoms. The van der Waals surface area contributed by atoms with Gasteiger partial charge in [-0.15, -0.1) is 0 Å². The van der Waals surface area contributed by atoms with Crippen LogP contribution in [0.2, 0.25) is 10.0 Å². The van der Waals surface area contributed by atoms with Crippen molar-refractivity contribution in [1.29, 1.82) is 0 Å². The zero-order chi connectivity index (χ0) is 15.2. The average molecular weight is 325 g/mol. The monoisotopic (exact) mass is 324 g/mol. The van der Waals surface area contributed by atoms with Crippen molar-refractivity contribution in [2.24, 2.45) is 0 Å². The molecule has 5 heteroatoms. The first kappa shape index (κ1) is 16.2. The number of nitrogens with zero attached hydrogens (tertiary/aromatic N) is 2. The fraction of sp³-hybridized carbons (Fsp3) is 0.312. The highest BCUT2D eigenvalue weighted by Gasteiger charge is 2.11. The van der Waals surface area contributed by atoms with E-state index in [1.807, 2.05) is 37.4 Å². The highest BCUT2D eigenvalue weighted by Crippen LogP contribution is 2.23. The van der Waals surface area contributed by atoms with Gasteiger partial charge in [0.05, 0.1) is 16.1 Å². The number of rotatable bonds is 6. The number of hydrogen-bond acceptors (Lipinski definition) is 3. The van der Waals surface area contributed by atoms with Gasteiger partial charge in [0.2, 0.25) is 0 Å². The van der Waals surface area contributed by atoms with Crippen LogP contribution in [0.4, 0.5) is 0 Å². The van der Waals surface area contributed by atoms with Gasteiger partial charge in [0.25, 0.3) is 0 Å². The maximum absolute atomic E-state index is 10.1. The lowest BCUT2D eigenvalue weighted by Crippen LogP contribution is -2.26. The Hall–Kier alpha value is -1.13. The molecule has 0 fully saturated rings. The van der Waals surface area contributed by atoms with Crippen LogP contribution in [0.1, 0.15) is 17.2 Å². The third-order valence-corrected chi connectivity index (χ3v) is 4.06. The fourth-order valence-electron chi connectivity index (χ4n) is 2.08. The van der Waals surface area contributed by atoms with E-state index >= 15 is 0 Å². The molecule has 0 saturated heterocycles. The van der Waals surface area contributed by atoms with Crippen LogP contribution in [0.25, 0.3) is 0 Å². The van der Waals surface area contributed by atoms with Gasteiger partial charge in [-0.3, -0.25) is 4.98 Å². The van der Waals surface area contributed by atoms with Crippen LogP contribution in [0, 0.1) is 0 Å². The van der Waals surface area contributed by atoms with Crippen molar-refractivity contribution < 1.29 is 5.11 Å². The summed E-state index contributed by atoms with van der Waals surface area (Å²) in [4.78, 5) is 6.10. The van der Waals surface area contributed by atoms with E-state index in [4.69, 9.17) is 23.2 Å². The first-order valence-electron chi connectivity index (χ1n) is 6.76. The second-order valence-electron chi connectivity index (χ2n) is 5.06. The molecule has 3 nitrogen and oxygen atoms in total. The van der Waals surface area contributed by atoms with Crippen LogP contribution in [0.15, 0.2) is 42.7 Å². The van der Waals surface area contributed by atoms with E-state index in [9.17, 15) is 5.11 Å². The van der Waals surface area contributed by atoms with Gasteiger partial charge in [0, 0.05) is 31.0 Å². The molecule has 0 bridgehead atoms. The van der Waals surface area contributed by atoms with Crippen molar-refractivity contribution in [2.75, 3.05) is 20.1 Å². The zero-order valence-electron chi connectivity index (χ0n) is 11.8. The number of pyridine rings is 1. The summed E-state index contributed by atoms with van der Waals surface area (Å²) in [5.74, 6) is 0. The Morgan fingerprint density at radius 2 is 2.05 bits per heavy atom. The van der Waals surface area contributed by atoms with Crippen LogP contribution in [0.3, 0.4) is 0 Å². The molecule has 0 aliphatic heterocycles. The predicted molar refractivity (Wildman–Crippen MR) is 86.9 cm³/mol. The molecule has 112 valence electrons. The van der Waals surface area contributed by atoms with Gasteiger partial charge in [-0.05, 0) is 37.2 Å². The van der Waals surface area contributed by atoms with Crippen molar-refractivity contribution >= 4 is 23.2 Å². The third kappa shape index (κ3) is 4.97. The van der Waals surface area contributed by atoms with Crippen molar-refractivity contribution in [3.8, 4) is 0 Å². The minimum Gasteiger partial charge on any atom is -0.387 e. The van der Waals surface area contributed by atoms with Crippen molar-refractivity contribution in [3.63, 3.8) is 0 Å². The van der Waals surface area contributed by atoms with Crippen molar-refractivity contribution in [2.45, 2.75) is 12.5 Å². The number of hydrogen-bond donors (Lipinski definition) is 1. The maximum atomic E-state index is 10.1. The molecule has 1 heterocycles. The molecular weight excluding hydrogens is 307 g/mol. The van der Waals surface area contributed by atoms with Crippen molar-refractivity contribution in [1.82, 2.24) is 9.88 Å². The van der Waals surface area contributed by atoms with E-state index < -0.39 is 6.10 Å². The summed E-state index contributed by atoms with van der Waals surface area (Å²) in [5.41, 5.74) is 1.96. The molecule has 1 aromatic heterocycles. The summed E-state index contributed by atoms with van der Waals surface area (Å²) in [5, 5.41) is 11.3. The molecule has 0 amide bonds. The summed E-state index contributed by atoms with van der Waals surface area (Å²) in [7, 11) is 1.98. The summed E-state index contributed by atoms with van der Waals surface area (Å²) >= 11 is 11.9. The topological polar surface area (TPSA) is 36.4 Å². The van der Waals surface area contributed by atoms with Crippen LogP contribution < -0.4 is 0 Å². The average Bonchev–Trinajstić information content (AvgIpc) is 2.49. The summed E-state index contributed by atoms with van der Waals surface area (Å²) < 4.78 is 0. The van der Waals surface area contributed by atoms with Gasteiger partial charge >= 0.3 is 0 Å². The van der Waals surface area contributed by atoms with E-state index in [1.165, 1.54) is 0 Å². The third-order valence-electron chi connectivity index (χ3n) is 3.32. The molecule has 1 aromatic carbocycles. The lowest BCUT2D eigenvalue weighted by molar-refractivity contribution is 0.127. The van der Waals surface area contributed by atoms with E-state index in [1.54, 1.807) is 12.4 Å². The highest BCUT2D eigenvalue weighted by atomic mass is 35.5. The summed E-state index contributed by atoms with van der Waals surface area (Å²) in [6, 6.07) is 9.37. The predicted octanol–water partition coefficient (Wildman–Crippen LogP) is 3.60. The quantitative estimate of drug-likeness (QED) is 0.882. The lowest BCUT2D eigenvalue weighted by atomic mass is 10.1. The molecule has 1 N–H and O–H groups in total. The molecule has 0 aliphatic rings. The van der Waals surface area contributed by atoms with E-state index in [-0.39, 0.29) is 0 Å². The van der Waals surface area contributed by atoms with Gasteiger partial charge in [0.15, 0.2) is 0 Å². The number of aliphatic hydroxyl groups is 1. The first-order valence-corrected chi connectivity index (χ1v) is 7.52. The molecule has 2 rings (SSSR count). The van der Waals surface area contributed by atoms with Crippen LogP contribution in [0.5, 0.6) is 0 Å². The number of benzene rings is 1. The lowest BCUT2D eigenvalue weighted by Gasteiger charge is -2.20. The second kappa shape index (κ2) is 7.76. The minimum absolute atomic E-state index is 0.530. The Morgan fingerprint density at radius 1 is 1.24 bits per heavy atom. The van der Waals surface area contributed by atoms with Gasteiger partial charge in [0.1, 0.15) is 0 Å². The van der Waals surface area contributed by atoms with E-state index in [2.05, 4.69) is 9.88 Å². The molecule has 0 radical (unpaired) electrons. The molecule has 0 spiro atoms. The van der Waals surface area contributed by atoms with Gasteiger partial charge in [-0.25, -0.2) is 0 Å². The number of halogens is 2. The largest absolute Gasteiger partial charge is 0.387 e. The van der Waals surface area contributed by atoms with Gasteiger partial charge in [-0.2, -0.15) is 0 Å². The molecule has 1 unspecified atom stereocenters. The van der Waals surface area contributed by atoms with Crippen LogP contribution in [-0.4, -0.2) is 35.1 Å². The van der Waals surface area contributed by atoms with E-state index in [0.717, 1.165) is 24.1 Å².